The van der Waals surface area contributed by atoms with Crippen LogP contribution >= 0.6 is 0 Å². The smallest absolute Gasteiger partial charge is 0.248 e. The van der Waals surface area contributed by atoms with Crippen LogP contribution in [0.15, 0.2) is 60.9 Å². The Morgan fingerprint density at radius 3 is 2.58 bits per heavy atom. The lowest BCUT2D eigenvalue weighted by Crippen LogP contribution is -2.52. The van der Waals surface area contributed by atoms with E-state index in [0.717, 1.165) is 22.4 Å². The first-order valence-electron chi connectivity index (χ1n) is 12.9. The molecule has 9 nitrogen and oxygen atoms in total. The SMILES string of the molecule is COCC(=O)N1CCN(Cc2cccc(OCCn3cc(C)cn3)c2)CC(O)(COc2ccc(C)cc2)C1. The molecule has 1 fully saturated rings. The van der Waals surface area contributed by atoms with E-state index in [1.807, 2.05) is 79.5 Å². The van der Waals surface area contributed by atoms with Crippen LogP contribution in [0.5, 0.6) is 11.5 Å². The van der Waals surface area contributed by atoms with Crippen molar-refractivity contribution in [2.75, 3.05) is 53.1 Å². The number of carbonyl (C=O) groups excluding carboxylic acids is 1. The molecule has 204 valence electrons. The number of hydrogen-bond donors (Lipinski definition) is 1. The van der Waals surface area contributed by atoms with Crippen LogP contribution in [0.2, 0.25) is 0 Å². The molecule has 2 heterocycles. The summed E-state index contributed by atoms with van der Waals surface area (Å²) >= 11 is 0. The summed E-state index contributed by atoms with van der Waals surface area (Å²) in [6.07, 6.45) is 3.82. The van der Waals surface area contributed by atoms with Gasteiger partial charge in [-0.1, -0.05) is 29.8 Å². The highest BCUT2D eigenvalue weighted by molar-refractivity contribution is 5.77. The highest BCUT2D eigenvalue weighted by Gasteiger charge is 2.37. The number of aliphatic hydroxyl groups is 1. The van der Waals surface area contributed by atoms with E-state index in [2.05, 4.69) is 10.00 Å². The Bertz CT molecular complexity index is 1180. The van der Waals surface area contributed by atoms with Gasteiger partial charge in [-0.05, 0) is 49.2 Å². The molecule has 0 bridgehead atoms. The van der Waals surface area contributed by atoms with Gasteiger partial charge in [-0.25, -0.2) is 0 Å². The van der Waals surface area contributed by atoms with Crippen molar-refractivity contribution >= 4 is 5.91 Å². The van der Waals surface area contributed by atoms with Crippen LogP contribution in [0, 0.1) is 13.8 Å². The number of hydrogen-bond acceptors (Lipinski definition) is 7. The van der Waals surface area contributed by atoms with Gasteiger partial charge in [0, 0.05) is 39.5 Å². The largest absolute Gasteiger partial charge is 0.492 e. The van der Waals surface area contributed by atoms with E-state index < -0.39 is 5.60 Å². The van der Waals surface area contributed by atoms with Gasteiger partial charge in [0.1, 0.15) is 36.9 Å². The number of aryl methyl sites for hydroxylation is 2. The summed E-state index contributed by atoms with van der Waals surface area (Å²) < 4.78 is 18.9. The molecular weight excluding hydrogens is 484 g/mol. The first-order chi connectivity index (χ1) is 18.3. The van der Waals surface area contributed by atoms with Crippen molar-refractivity contribution in [3.05, 3.63) is 77.6 Å². The van der Waals surface area contributed by atoms with Gasteiger partial charge in [0.05, 0.1) is 19.3 Å². The molecule has 0 spiro atoms. The molecule has 1 unspecified atom stereocenters. The monoisotopic (exact) mass is 522 g/mol. The zero-order chi connectivity index (χ0) is 27.0. The van der Waals surface area contributed by atoms with E-state index in [-0.39, 0.29) is 25.7 Å². The van der Waals surface area contributed by atoms with Crippen LogP contribution in [0.1, 0.15) is 16.7 Å². The van der Waals surface area contributed by atoms with Gasteiger partial charge in [0.15, 0.2) is 0 Å². The standard InChI is InChI=1S/C29H38N4O5/c1-23-7-9-26(10-8-23)38-22-29(35)20-31(11-12-32(21-29)28(34)19-36-3)18-25-5-4-6-27(15-25)37-14-13-33-17-24(2)16-30-33/h4-10,15-17,35H,11-14,18-22H2,1-3H3. The van der Waals surface area contributed by atoms with E-state index in [4.69, 9.17) is 14.2 Å². The number of nitrogens with zero attached hydrogens (tertiary/aromatic N) is 4. The summed E-state index contributed by atoms with van der Waals surface area (Å²) in [4.78, 5) is 16.5. The molecule has 4 rings (SSSR count). The summed E-state index contributed by atoms with van der Waals surface area (Å²) in [5, 5.41) is 15.9. The van der Waals surface area contributed by atoms with Crippen molar-refractivity contribution in [3.63, 3.8) is 0 Å². The van der Waals surface area contributed by atoms with Crippen molar-refractivity contribution in [1.82, 2.24) is 19.6 Å². The Kier molecular flexibility index (Phi) is 9.38. The molecule has 1 aliphatic heterocycles. The van der Waals surface area contributed by atoms with Crippen LogP contribution in [0.3, 0.4) is 0 Å². The average molecular weight is 523 g/mol. The van der Waals surface area contributed by atoms with Gasteiger partial charge in [-0.15, -0.1) is 0 Å². The molecule has 1 amide bonds. The summed E-state index contributed by atoms with van der Waals surface area (Å²) in [5.74, 6) is 1.33. The lowest BCUT2D eigenvalue weighted by Gasteiger charge is -2.33. The highest BCUT2D eigenvalue weighted by Crippen LogP contribution is 2.22. The van der Waals surface area contributed by atoms with Crippen LogP contribution in [0.4, 0.5) is 0 Å². The van der Waals surface area contributed by atoms with Gasteiger partial charge in [-0.3, -0.25) is 14.4 Å². The maximum atomic E-state index is 12.7. The lowest BCUT2D eigenvalue weighted by atomic mass is 10.0. The van der Waals surface area contributed by atoms with Gasteiger partial charge in [0.25, 0.3) is 0 Å². The van der Waals surface area contributed by atoms with Crippen molar-refractivity contribution in [2.24, 2.45) is 0 Å². The quantitative estimate of drug-likeness (QED) is 0.414. The summed E-state index contributed by atoms with van der Waals surface area (Å²) in [6.45, 7) is 7.51. The molecule has 1 atom stereocenters. The minimum Gasteiger partial charge on any atom is -0.492 e. The third kappa shape index (κ3) is 8.05. The Balaban J connectivity index is 1.41. The third-order valence-electron chi connectivity index (χ3n) is 6.49. The number of β-amino-alcohol motifs (C(OH)–C–C–N with tert-alkyl or cyclic N) is 1. The van der Waals surface area contributed by atoms with E-state index in [1.54, 1.807) is 4.90 Å². The molecule has 38 heavy (non-hydrogen) atoms. The first-order valence-corrected chi connectivity index (χ1v) is 12.9. The molecule has 1 N–H and O–H groups in total. The number of carbonyl (C=O) groups is 1. The molecule has 3 aromatic rings. The minimum atomic E-state index is -1.25. The normalized spacial score (nSPS) is 18.3. The molecule has 2 aromatic carbocycles. The van der Waals surface area contributed by atoms with E-state index in [0.29, 0.717) is 45.1 Å². The topological polar surface area (TPSA) is 89.3 Å². The second-order valence-corrected chi connectivity index (χ2v) is 10.1. The number of methoxy groups -OCH3 is 1. The van der Waals surface area contributed by atoms with Crippen LogP contribution in [0.25, 0.3) is 0 Å². The molecule has 1 aliphatic rings. The summed E-state index contributed by atoms with van der Waals surface area (Å²) in [7, 11) is 1.50. The molecule has 0 aliphatic carbocycles. The average Bonchev–Trinajstić information content (AvgIpc) is 3.23. The van der Waals surface area contributed by atoms with Crippen LogP contribution in [-0.4, -0.2) is 89.3 Å². The predicted molar refractivity (Wildman–Crippen MR) is 144 cm³/mol. The highest BCUT2D eigenvalue weighted by atomic mass is 16.5. The first kappa shape index (κ1) is 27.6. The maximum absolute atomic E-state index is 12.7. The van der Waals surface area contributed by atoms with Gasteiger partial charge < -0.3 is 24.2 Å². The van der Waals surface area contributed by atoms with Crippen molar-refractivity contribution < 1.29 is 24.1 Å². The second kappa shape index (κ2) is 12.9. The van der Waals surface area contributed by atoms with Crippen molar-refractivity contribution in [1.29, 1.82) is 0 Å². The fourth-order valence-electron chi connectivity index (χ4n) is 4.59. The lowest BCUT2D eigenvalue weighted by molar-refractivity contribution is -0.138. The Hall–Kier alpha value is -3.40. The second-order valence-electron chi connectivity index (χ2n) is 10.1. The van der Waals surface area contributed by atoms with Gasteiger partial charge in [0.2, 0.25) is 5.91 Å². The molecule has 0 saturated carbocycles. The number of aromatic nitrogens is 2. The Labute approximate surface area is 224 Å². The number of ether oxygens (including phenoxy) is 3. The van der Waals surface area contributed by atoms with Crippen molar-refractivity contribution in [2.45, 2.75) is 32.5 Å². The van der Waals surface area contributed by atoms with Crippen LogP contribution in [-0.2, 0) is 22.6 Å². The third-order valence-corrected chi connectivity index (χ3v) is 6.49. The fraction of sp³-hybridized carbons (Fsp3) is 0.448. The zero-order valence-corrected chi connectivity index (χ0v) is 22.5. The number of benzene rings is 2. The minimum absolute atomic E-state index is 0.0214. The summed E-state index contributed by atoms with van der Waals surface area (Å²) in [5.41, 5.74) is 2.07. The molecule has 9 heteroatoms. The van der Waals surface area contributed by atoms with Gasteiger partial charge in [-0.2, -0.15) is 5.10 Å². The van der Waals surface area contributed by atoms with E-state index in [1.165, 1.54) is 7.11 Å². The van der Waals surface area contributed by atoms with Crippen LogP contribution < -0.4 is 9.47 Å². The fourth-order valence-corrected chi connectivity index (χ4v) is 4.59. The van der Waals surface area contributed by atoms with Gasteiger partial charge >= 0.3 is 0 Å². The summed E-state index contributed by atoms with van der Waals surface area (Å²) in [6, 6.07) is 15.7. The Morgan fingerprint density at radius 2 is 1.84 bits per heavy atom. The zero-order valence-electron chi connectivity index (χ0n) is 22.5. The van der Waals surface area contributed by atoms with Crippen molar-refractivity contribution in [3.8, 4) is 11.5 Å². The Morgan fingerprint density at radius 1 is 1.03 bits per heavy atom. The predicted octanol–water partition coefficient (Wildman–Crippen LogP) is 2.68. The molecule has 1 aromatic heterocycles. The number of amides is 1. The molecule has 0 radical (unpaired) electrons. The number of rotatable bonds is 11. The molecular formula is C29H38N4O5. The molecule has 1 saturated heterocycles. The van der Waals surface area contributed by atoms with E-state index in [9.17, 15) is 9.90 Å². The van der Waals surface area contributed by atoms with E-state index >= 15 is 0 Å². The maximum Gasteiger partial charge on any atom is 0.248 e.